The highest BCUT2D eigenvalue weighted by atomic mass is 79.9. The first-order chi connectivity index (χ1) is 7.99. The molecule has 0 radical (unpaired) electrons. The van der Waals surface area contributed by atoms with Crippen molar-refractivity contribution in [3.63, 3.8) is 0 Å². The lowest BCUT2D eigenvalue weighted by molar-refractivity contribution is -0.138. The van der Waals surface area contributed by atoms with Gasteiger partial charge in [0, 0.05) is 17.4 Å². The molecule has 1 rings (SSSR count). The molecular weight excluding hydrogens is 293 g/mol. The molecule has 0 bridgehead atoms. The largest absolute Gasteiger partial charge is 0.481 e. The molecule has 0 aliphatic carbocycles. The molecule has 0 aromatic heterocycles. The number of hydrogen-bond acceptors (Lipinski definition) is 2. The highest BCUT2D eigenvalue weighted by molar-refractivity contribution is 9.10. The molecule has 0 saturated carbocycles. The van der Waals surface area contributed by atoms with Gasteiger partial charge in [-0.1, -0.05) is 15.9 Å². The predicted octanol–water partition coefficient (Wildman–Crippen LogP) is 2.07. The highest BCUT2D eigenvalue weighted by Gasteiger charge is 2.07. The summed E-state index contributed by atoms with van der Waals surface area (Å²) < 4.78 is 13.6. The number of halogens is 2. The number of carbonyl (C=O) groups is 2. The number of nitrogens with one attached hydrogen (secondary N) is 1. The third-order valence-electron chi connectivity index (χ3n) is 2.05. The number of hydrogen-bond donors (Lipinski definition) is 2. The lowest BCUT2D eigenvalue weighted by Crippen LogP contribution is -2.23. The zero-order valence-electron chi connectivity index (χ0n) is 8.87. The molecule has 0 unspecified atom stereocenters. The maximum Gasteiger partial charge on any atom is 0.303 e. The van der Waals surface area contributed by atoms with E-state index < -0.39 is 5.97 Å². The minimum absolute atomic E-state index is 0.0811. The first-order valence-corrected chi connectivity index (χ1v) is 5.71. The summed E-state index contributed by atoms with van der Waals surface area (Å²) in [7, 11) is 0. The van der Waals surface area contributed by atoms with E-state index in [0.29, 0.717) is 10.0 Å². The Morgan fingerprint density at radius 1 is 1.35 bits per heavy atom. The molecule has 2 N–H and O–H groups in total. The fourth-order valence-electron chi connectivity index (χ4n) is 1.18. The van der Waals surface area contributed by atoms with Gasteiger partial charge in [0.15, 0.2) is 0 Å². The number of carboxylic acids is 1. The van der Waals surface area contributed by atoms with Gasteiger partial charge in [-0.3, -0.25) is 9.59 Å². The standard InChI is InChI=1S/C11H11BrFNO3/c12-9-2-1-8(13)5-7(9)6-14-10(15)3-4-11(16)17/h1-2,5H,3-4,6H2,(H,14,15)(H,16,17). The third kappa shape index (κ3) is 4.95. The molecule has 17 heavy (non-hydrogen) atoms. The summed E-state index contributed by atoms with van der Waals surface area (Å²) in [6.07, 6.45) is -0.293. The van der Waals surface area contributed by atoms with E-state index in [4.69, 9.17) is 5.11 Å². The van der Waals surface area contributed by atoms with Gasteiger partial charge in [0.05, 0.1) is 6.42 Å². The van der Waals surface area contributed by atoms with E-state index in [1.165, 1.54) is 12.1 Å². The van der Waals surface area contributed by atoms with Crippen LogP contribution >= 0.6 is 15.9 Å². The van der Waals surface area contributed by atoms with Crippen molar-refractivity contribution in [2.24, 2.45) is 0 Å². The second-order valence-electron chi connectivity index (χ2n) is 3.41. The zero-order chi connectivity index (χ0) is 12.8. The van der Waals surface area contributed by atoms with Gasteiger partial charge in [0.2, 0.25) is 5.91 Å². The van der Waals surface area contributed by atoms with Crippen LogP contribution in [0.1, 0.15) is 18.4 Å². The van der Waals surface area contributed by atoms with Crippen LogP contribution in [-0.2, 0) is 16.1 Å². The second kappa shape index (κ2) is 6.34. The maximum atomic E-state index is 12.9. The van der Waals surface area contributed by atoms with Crippen molar-refractivity contribution < 1.29 is 19.1 Å². The summed E-state index contributed by atoms with van der Waals surface area (Å²) in [4.78, 5) is 21.5. The first kappa shape index (κ1) is 13.6. The highest BCUT2D eigenvalue weighted by Crippen LogP contribution is 2.17. The topological polar surface area (TPSA) is 66.4 Å². The van der Waals surface area contributed by atoms with E-state index in [2.05, 4.69) is 21.2 Å². The number of rotatable bonds is 5. The lowest BCUT2D eigenvalue weighted by atomic mass is 10.2. The fraction of sp³-hybridized carbons (Fsp3) is 0.273. The summed E-state index contributed by atoms with van der Waals surface area (Å²) in [5.74, 6) is -1.78. The average molecular weight is 304 g/mol. The van der Waals surface area contributed by atoms with Gasteiger partial charge in [-0.2, -0.15) is 0 Å². The van der Waals surface area contributed by atoms with Crippen LogP contribution in [0, 0.1) is 5.82 Å². The van der Waals surface area contributed by atoms with Crippen LogP contribution in [0.4, 0.5) is 4.39 Å². The minimum atomic E-state index is -1.02. The van der Waals surface area contributed by atoms with Crippen molar-refractivity contribution in [2.75, 3.05) is 0 Å². The van der Waals surface area contributed by atoms with Crippen molar-refractivity contribution in [2.45, 2.75) is 19.4 Å². The molecule has 0 heterocycles. The van der Waals surface area contributed by atoms with Gasteiger partial charge < -0.3 is 10.4 Å². The van der Waals surface area contributed by atoms with E-state index in [1.54, 1.807) is 6.07 Å². The van der Waals surface area contributed by atoms with E-state index >= 15 is 0 Å². The molecule has 92 valence electrons. The third-order valence-corrected chi connectivity index (χ3v) is 2.82. The number of amides is 1. The van der Waals surface area contributed by atoms with Gasteiger partial charge in [0.25, 0.3) is 0 Å². The quantitative estimate of drug-likeness (QED) is 0.875. The van der Waals surface area contributed by atoms with E-state index in [9.17, 15) is 14.0 Å². The Hall–Kier alpha value is -1.43. The minimum Gasteiger partial charge on any atom is -0.481 e. The predicted molar refractivity (Wildman–Crippen MR) is 62.8 cm³/mol. The molecule has 1 aromatic rings. The normalized spacial score (nSPS) is 10.0. The van der Waals surface area contributed by atoms with Crippen molar-refractivity contribution in [3.05, 3.63) is 34.1 Å². The SMILES string of the molecule is O=C(O)CCC(=O)NCc1cc(F)ccc1Br. The Balaban J connectivity index is 2.47. The Bertz CT molecular complexity index is 437. The smallest absolute Gasteiger partial charge is 0.303 e. The fourth-order valence-corrected chi connectivity index (χ4v) is 1.57. The van der Waals surface area contributed by atoms with Crippen LogP contribution in [0.3, 0.4) is 0 Å². The Labute approximate surface area is 106 Å². The summed E-state index contributed by atoms with van der Waals surface area (Å²) in [5, 5.41) is 10.9. The molecule has 0 atom stereocenters. The summed E-state index contributed by atoms with van der Waals surface area (Å²) in [6.45, 7) is 0.163. The lowest BCUT2D eigenvalue weighted by Gasteiger charge is -2.06. The van der Waals surface area contributed by atoms with Crippen LogP contribution in [0.25, 0.3) is 0 Å². The van der Waals surface area contributed by atoms with Crippen LogP contribution in [-0.4, -0.2) is 17.0 Å². The van der Waals surface area contributed by atoms with Gasteiger partial charge >= 0.3 is 5.97 Å². The van der Waals surface area contributed by atoms with Crippen LogP contribution in [0.2, 0.25) is 0 Å². The summed E-state index contributed by atoms with van der Waals surface area (Å²) in [6, 6.07) is 4.16. The van der Waals surface area contributed by atoms with E-state index in [1.807, 2.05) is 0 Å². The van der Waals surface area contributed by atoms with Gasteiger partial charge in [-0.25, -0.2) is 4.39 Å². The molecule has 1 aromatic carbocycles. The molecule has 0 aliphatic heterocycles. The van der Waals surface area contributed by atoms with Crippen LogP contribution in [0.5, 0.6) is 0 Å². The molecular formula is C11H11BrFNO3. The van der Waals surface area contributed by atoms with E-state index in [-0.39, 0.29) is 31.1 Å². The van der Waals surface area contributed by atoms with Crippen molar-refractivity contribution in [1.29, 1.82) is 0 Å². The van der Waals surface area contributed by atoms with Crippen molar-refractivity contribution in [1.82, 2.24) is 5.32 Å². The van der Waals surface area contributed by atoms with Crippen molar-refractivity contribution >= 4 is 27.8 Å². The number of benzene rings is 1. The molecule has 4 nitrogen and oxygen atoms in total. The van der Waals surface area contributed by atoms with E-state index in [0.717, 1.165) is 0 Å². The van der Waals surface area contributed by atoms with Gasteiger partial charge in [-0.15, -0.1) is 0 Å². The number of aliphatic carboxylic acids is 1. The monoisotopic (exact) mass is 303 g/mol. The molecule has 0 spiro atoms. The van der Waals surface area contributed by atoms with Crippen LogP contribution in [0.15, 0.2) is 22.7 Å². The summed E-state index contributed by atoms with van der Waals surface area (Å²) in [5.41, 5.74) is 0.605. The second-order valence-corrected chi connectivity index (χ2v) is 4.26. The van der Waals surface area contributed by atoms with Gasteiger partial charge in [-0.05, 0) is 23.8 Å². The first-order valence-electron chi connectivity index (χ1n) is 4.91. The summed E-state index contributed by atoms with van der Waals surface area (Å²) >= 11 is 3.23. The molecule has 0 aliphatic rings. The molecule has 6 heteroatoms. The number of carbonyl (C=O) groups excluding carboxylic acids is 1. The molecule has 1 amide bonds. The Morgan fingerprint density at radius 3 is 2.71 bits per heavy atom. The zero-order valence-corrected chi connectivity index (χ0v) is 10.5. The maximum absolute atomic E-state index is 12.9. The van der Waals surface area contributed by atoms with Crippen LogP contribution < -0.4 is 5.32 Å². The average Bonchev–Trinajstić information content (AvgIpc) is 2.27. The van der Waals surface area contributed by atoms with Gasteiger partial charge in [0.1, 0.15) is 5.82 Å². The Morgan fingerprint density at radius 2 is 2.06 bits per heavy atom. The number of carboxylic acid groups (broad SMARTS) is 1. The Kier molecular flexibility index (Phi) is 5.09. The molecule has 0 saturated heterocycles. The molecule has 0 fully saturated rings. The van der Waals surface area contributed by atoms with Crippen molar-refractivity contribution in [3.8, 4) is 0 Å².